The van der Waals surface area contributed by atoms with Crippen molar-refractivity contribution in [3.05, 3.63) is 0 Å². The number of methoxy groups -OCH3 is 2. The first-order valence-electron chi connectivity index (χ1n) is 8.46. The van der Waals surface area contributed by atoms with E-state index >= 15 is 0 Å². The Morgan fingerprint density at radius 3 is 2.29 bits per heavy atom. The van der Waals surface area contributed by atoms with Crippen LogP contribution in [0.4, 0.5) is 0 Å². The lowest BCUT2D eigenvalue weighted by Crippen LogP contribution is -2.41. The lowest BCUT2D eigenvalue weighted by atomic mass is 9.93. The van der Waals surface area contributed by atoms with Crippen molar-refractivity contribution in [2.24, 2.45) is 5.92 Å². The zero-order valence-electron chi connectivity index (χ0n) is 14.4. The van der Waals surface area contributed by atoms with Crippen LogP contribution in [0, 0.1) is 5.92 Å². The van der Waals surface area contributed by atoms with Crippen LogP contribution in [0.1, 0.15) is 58.8 Å². The normalized spacial score (nSPS) is 19.7. The van der Waals surface area contributed by atoms with Gasteiger partial charge in [-0.05, 0) is 13.3 Å². The van der Waals surface area contributed by atoms with Gasteiger partial charge in [0, 0.05) is 20.1 Å². The average Bonchev–Trinajstić information content (AvgIpc) is 3.32. The van der Waals surface area contributed by atoms with Gasteiger partial charge in [0.25, 0.3) is 0 Å². The second kappa shape index (κ2) is 10.5. The third-order valence-electron chi connectivity index (χ3n) is 4.48. The molecule has 0 aromatic carbocycles. The molecule has 2 atom stereocenters. The van der Waals surface area contributed by atoms with Crippen molar-refractivity contribution in [2.75, 3.05) is 34.0 Å². The van der Waals surface area contributed by atoms with Gasteiger partial charge < -0.3 is 18.9 Å². The topological polar surface area (TPSA) is 40.2 Å². The highest BCUT2D eigenvalue weighted by atomic mass is 16.7. The van der Waals surface area contributed by atoms with Crippen LogP contribution in [0.15, 0.2) is 0 Å². The van der Waals surface area contributed by atoms with E-state index in [0.29, 0.717) is 19.3 Å². The maximum atomic E-state index is 5.78. The van der Waals surface area contributed by atoms with Crippen molar-refractivity contribution in [3.8, 4) is 0 Å². The first-order valence-corrected chi connectivity index (χ1v) is 8.46. The molecule has 4 heteroatoms. The smallest absolute Gasteiger partial charge is 0.169 e. The molecule has 1 aliphatic rings. The van der Waals surface area contributed by atoms with Gasteiger partial charge >= 0.3 is 0 Å². The molecule has 1 heterocycles. The molecule has 4 nitrogen and oxygen atoms in total. The summed E-state index contributed by atoms with van der Waals surface area (Å²) in [7, 11) is 3.42. The summed E-state index contributed by atoms with van der Waals surface area (Å²) in [5.41, 5.74) is 0. The SMILES string of the molecule is CCCCCCCCC(COCC1CO1)C(C)(OC)OC. The van der Waals surface area contributed by atoms with Crippen LogP contribution in [0.3, 0.4) is 0 Å². The van der Waals surface area contributed by atoms with E-state index in [1.165, 1.54) is 38.5 Å². The maximum absolute atomic E-state index is 5.78. The average molecular weight is 302 g/mol. The number of unbranched alkanes of at least 4 members (excludes halogenated alkanes) is 5. The van der Waals surface area contributed by atoms with E-state index in [-0.39, 0.29) is 5.92 Å². The summed E-state index contributed by atoms with van der Waals surface area (Å²) >= 11 is 0. The number of epoxide rings is 1. The Labute approximate surface area is 130 Å². The molecule has 0 bridgehead atoms. The predicted molar refractivity (Wildman–Crippen MR) is 84.5 cm³/mol. The minimum absolute atomic E-state index is 0.262. The minimum atomic E-state index is -0.562. The Bertz CT molecular complexity index is 249. The summed E-state index contributed by atoms with van der Waals surface area (Å²) in [6.45, 7) is 6.46. The highest BCUT2D eigenvalue weighted by Gasteiger charge is 2.34. The summed E-state index contributed by atoms with van der Waals surface area (Å²) in [5.74, 6) is -0.300. The van der Waals surface area contributed by atoms with E-state index in [0.717, 1.165) is 13.0 Å². The molecule has 126 valence electrons. The summed E-state index contributed by atoms with van der Waals surface area (Å²) in [4.78, 5) is 0. The summed E-state index contributed by atoms with van der Waals surface area (Å²) < 4.78 is 22.1. The largest absolute Gasteiger partial charge is 0.378 e. The molecule has 0 N–H and O–H groups in total. The molecular weight excluding hydrogens is 268 g/mol. The van der Waals surface area contributed by atoms with Crippen molar-refractivity contribution >= 4 is 0 Å². The third-order valence-corrected chi connectivity index (χ3v) is 4.48. The van der Waals surface area contributed by atoms with E-state index < -0.39 is 5.79 Å². The summed E-state index contributed by atoms with van der Waals surface area (Å²) in [6.07, 6.45) is 9.21. The van der Waals surface area contributed by atoms with Gasteiger partial charge in [-0.1, -0.05) is 45.4 Å². The molecule has 21 heavy (non-hydrogen) atoms. The van der Waals surface area contributed by atoms with Crippen molar-refractivity contribution in [1.29, 1.82) is 0 Å². The van der Waals surface area contributed by atoms with Crippen molar-refractivity contribution in [1.82, 2.24) is 0 Å². The van der Waals surface area contributed by atoms with Crippen LogP contribution < -0.4 is 0 Å². The quantitative estimate of drug-likeness (QED) is 0.278. The first kappa shape index (κ1) is 18.9. The van der Waals surface area contributed by atoms with Gasteiger partial charge in [-0.3, -0.25) is 0 Å². The fraction of sp³-hybridized carbons (Fsp3) is 1.00. The zero-order valence-corrected chi connectivity index (χ0v) is 14.4. The van der Waals surface area contributed by atoms with Gasteiger partial charge in [-0.15, -0.1) is 0 Å². The molecule has 0 aromatic rings. The Morgan fingerprint density at radius 2 is 1.71 bits per heavy atom. The van der Waals surface area contributed by atoms with Crippen LogP contribution in [-0.4, -0.2) is 45.9 Å². The highest BCUT2D eigenvalue weighted by Crippen LogP contribution is 2.28. The van der Waals surface area contributed by atoms with Gasteiger partial charge in [0.2, 0.25) is 0 Å². The molecule has 0 amide bonds. The van der Waals surface area contributed by atoms with Gasteiger partial charge in [-0.25, -0.2) is 0 Å². The molecule has 0 radical (unpaired) electrons. The van der Waals surface area contributed by atoms with Crippen LogP contribution >= 0.6 is 0 Å². The Kier molecular flexibility index (Phi) is 9.49. The minimum Gasteiger partial charge on any atom is -0.378 e. The van der Waals surface area contributed by atoms with E-state index in [4.69, 9.17) is 18.9 Å². The molecule has 1 rings (SSSR count). The predicted octanol–water partition coefficient (Wildman–Crippen LogP) is 3.78. The molecular formula is C17H34O4. The van der Waals surface area contributed by atoms with Gasteiger partial charge in [-0.2, -0.15) is 0 Å². The Hall–Kier alpha value is -0.160. The van der Waals surface area contributed by atoms with Crippen LogP contribution in [0.2, 0.25) is 0 Å². The maximum Gasteiger partial charge on any atom is 0.169 e. The van der Waals surface area contributed by atoms with E-state index in [9.17, 15) is 0 Å². The molecule has 0 aliphatic carbocycles. The van der Waals surface area contributed by atoms with Crippen molar-refractivity contribution in [2.45, 2.75) is 70.7 Å². The second-order valence-corrected chi connectivity index (χ2v) is 6.17. The van der Waals surface area contributed by atoms with Gasteiger partial charge in [0.1, 0.15) is 6.10 Å². The first-order chi connectivity index (χ1) is 10.2. The third kappa shape index (κ3) is 7.59. The lowest BCUT2D eigenvalue weighted by molar-refractivity contribution is -0.237. The van der Waals surface area contributed by atoms with Crippen molar-refractivity contribution in [3.63, 3.8) is 0 Å². The number of rotatable bonds is 14. The Morgan fingerprint density at radius 1 is 1.10 bits per heavy atom. The van der Waals surface area contributed by atoms with Gasteiger partial charge in [0.15, 0.2) is 5.79 Å². The number of ether oxygens (including phenoxy) is 4. The van der Waals surface area contributed by atoms with E-state index in [2.05, 4.69) is 6.92 Å². The van der Waals surface area contributed by atoms with E-state index in [1.807, 2.05) is 6.92 Å². The van der Waals surface area contributed by atoms with Crippen LogP contribution in [0.25, 0.3) is 0 Å². The summed E-state index contributed by atoms with van der Waals surface area (Å²) in [5, 5.41) is 0. The van der Waals surface area contributed by atoms with E-state index in [1.54, 1.807) is 14.2 Å². The molecule has 0 saturated carbocycles. The Balaban J connectivity index is 2.27. The lowest BCUT2D eigenvalue weighted by Gasteiger charge is -2.35. The standard InChI is InChI=1S/C17H34O4/c1-5-6-7-8-9-10-11-15(17(2,18-3)19-4)12-20-13-16-14-21-16/h15-16H,5-14H2,1-4H3. The summed E-state index contributed by atoms with van der Waals surface area (Å²) in [6, 6.07) is 0. The fourth-order valence-electron chi connectivity index (χ4n) is 2.59. The van der Waals surface area contributed by atoms with Crippen molar-refractivity contribution < 1.29 is 18.9 Å². The van der Waals surface area contributed by atoms with Crippen LogP contribution in [0.5, 0.6) is 0 Å². The fourth-order valence-corrected chi connectivity index (χ4v) is 2.59. The second-order valence-electron chi connectivity index (χ2n) is 6.17. The number of hydrogen-bond donors (Lipinski definition) is 0. The van der Waals surface area contributed by atoms with Gasteiger partial charge in [0.05, 0.1) is 19.8 Å². The molecule has 0 spiro atoms. The monoisotopic (exact) mass is 302 g/mol. The number of hydrogen-bond acceptors (Lipinski definition) is 4. The zero-order chi connectivity index (χ0) is 15.6. The van der Waals surface area contributed by atoms with Crippen LogP contribution in [-0.2, 0) is 18.9 Å². The molecule has 2 unspecified atom stereocenters. The molecule has 1 saturated heterocycles. The molecule has 0 aromatic heterocycles. The molecule has 1 fully saturated rings. The molecule has 1 aliphatic heterocycles. The highest BCUT2D eigenvalue weighted by molar-refractivity contribution is 4.76.